The number of fused-ring (bicyclic) bond motifs is 2. The lowest BCUT2D eigenvalue weighted by atomic mass is 10.1. The van der Waals surface area contributed by atoms with Gasteiger partial charge in [0.15, 0.2) is 0 Å². The Bertz CT molecular complexity index is 1250. The molecule has 2 aromatic heterocycles. The van der Waals surface area contributed by atoms with Crippen LogP contribution in [0.4, 0.5) is 0 Å². The average Bonchev–Trinajstić information content (AvgIpc) is 3.01. The summed E-state index contributed by atoms with van der Waals surface area (Å²) in [6.45, 7) is 2.49. The predicted octanol–water partition coefficient (Wildman–Crippen LogP) is 4.34. The molecule has 0 aliphatic carbocycles. The van der Waals surface area contributed by atoms with Crippen LogP contribution in [0.3, 0.4) is 0 Å². The smallest absolute Gasteiger partial charge is 0.261 e. The van der Waals surface area contributed by atoms with E-state index in [9.17, 15) is 9.90 Å². The van der Waals surface area contributed by atoms with Crippen LogP contribution < -0.4 is 5.56 Å². The van der Waals surface area contributed by atoms with E-state index in [1.165, 1.54) is 0 Å². The first-order valence-corrected chi connectivity index (χ1v) is 10.2. The van der Waals surface area contributed by atoms with Gasteiger partial charge < -0.3 is 10.1 Å². The van der Waals surface area contributed by atoms with E-state index < -0.39 is 0 Å². The maximum atomic E-state index is 13.0. The van der Waals surface area contributed by atoms with Crippen molar-refractivity contribution in [2.45, 2.75) is 19.9 Å². The van der Waals surface area contributed by atoms with Gasteiger partial charge in [-0.3, -0.25) is 9.36 Å². The summed E-state index contributed by atoms with van der Waals surface area (Å²) in [7, 11) is 0. The molecule has 4 rings (SSSR count). The first-order chi connectivity index (χ1) is 13.6. The number of aromatic nitrogens is 3. The molecule has 0 aliphatic rings. The molecule has 142 valence electrons. The Balaban J connectivity index is 1.87. The number of benzene rings is 2. The molecule has 0 radical (unpaired) electrons. The number of para-hydroxylation sites is 1. The zero-order valence-electron chi connectivity index (χ0n) is 15.4. The van der Waals surface area contributed by atoms with E-state index >= 15 is 0 Å². The van der Waals surface area contributed by atoms with Gasteiger partial charge in [-0.2, -0.15) is 0 Å². The van der Waals surface area contributed by atoms with Gasteiger partial charge in [0.05, 0.1) is 10.9 Å². The van der Waals surface area contributed by atoms with Crippen molar-refractivity contribution in [3.8, 4) is 0 Å². The molecule has 0 saturated heterocycles. The van der Waals surface area contributed by atoms with E-state index in [-0.39, 0.29) is 12.2 Å². The summed E-state index contributed by atoms with van der Waals surface area (Å²) in [6, 6.07) is 13.8. The number of aliphatic hydroxyl groups is 1. The summed E-state index contributed by atoms with van der Waals surface area (Å²) < 4.78 is 2.64. The normalized spacial score (nSPS) is 11.8. The number of aromatic amines is 1. The Hall–Kier alpha value is -2.45. The molecule has 0 unspecified atom stereocenters. The molecule has 0 spiro atoms. The van der Waals surface area contributed by atoms with Crippen molar-refractivity contribution in [1.29, 1.82) is 0 Å². The standard InChI is InChI=1S/C22H20IN3O2/c1-14-16(17-5-2-3-6-19(17)24-14)8-10-21-25-20-9-7-15(23)13-18(20)22(28)26(21)11-4-12-27/h2-3,5-10,13,24,27H,4,11-12H2,1H3. The molecule has 2 heterocycles. The molecule has 28 heavy (non-hydrogen) atoms. The number of aliphatic hydroxyl groups excluding tert-OH is 1. The second-order valence-electron chi connectivity index (χ2n) is 6.71. The Morgan fingerprint density at radius 2 is 2.00 bits per heavy atom. The molecule has 5 nitrogen and oxygen atoms in total. The highest BCUT2D eigenvalue weighted by atomic mass is 127. The molecule has 2 N–H and O–H groups in total. The third-order valence-electron chi connectivity index (χ3n) is 4.83. The van der Waals surface area contributed by atoms with Crippen LogP contribution in [0.25, 0.3) is 34.0 Å². The zero-order valence-corrected chi connectivity index (χ0v) is 17.6. The summed E-state index contributed by atoms with van der Waals surface area (Å²) in [5.41, 5.74) is 3.84. The van der Waals surface area contributed by atoms with Crippen molar-refractivity contribution in [1.82, 2.24) is 14.5 Å². The Morgan fingerprint density at radius 1 is 1.18 bits per heavy atom. The number of nitrogens with one attached hydrogen (secondary N) is 1. The molecule has 0 atom stereocenters. The number of hydrogen-bond acceptors (Lipinski definition) is 3. The predicted molar refractivity (Wildman–Crippen MR) is 122 cm³/mol. The van der Waals surface area contributed by atoms with Crippen LogP contribution in [0.1, 0.15) is 23.5 Å². The van der Waals surface area contributed by atoms with Gasteiger partial charge in [0.2, 0.25) is 0 Å². The van der Waals surface area contributed by atoms with Crippen LogP contribution in [0.2, 0.25) is 0 Å². The number of aryl methyl sites for hydroxylation is 1. The highest BCUT2D eigenvalue weighted by Gasteiger charge is 2.11. The average molecular weight is 485 g/mol. The zero-order chi connectivity index (χ0) is 19.7. The summed E-state index contributed by atoms with van der Waals surface area (Å²) in [5, 5.41) is 11.0. The minimum atomic E-state index is -0.0766. The van der Waals surface area contributed by atoms with Gasteiger partial charge >= 0.3 is 0 Å². The Kier molecular flexibility index (Phi) is 5.32. The molecule has 0 bridgehead atoms. The molecule has 6 heteroatoms. The van der Waals surface area contributed by atoms with Crippen molar-refractivity contribution < 1.29 is 5.11 Å². The maximum Gasteiger partial charge on any atom is 0.261 e. The second-order valence-corrected chi connectivity index (χ2v) is 7.95. The fourth-order valence-electron chi connectivity index (χ4n) is 3.45. The van der Waals surface area contributed by atoms with Crippen molar-refractivity contribution in [3.63, 3.8) is 0 Å². The third-order valence-corrected chi connectivity index (χ3v) is 5.50. The fourth-order valence-corrected chi connectivity index (χ4v) is 3.94. The van der Waals surface area contributed by atoms with E-state index in [2.05, 4.69) is 33.6 Å². The van der Waals surface area contributed by atoms with Crippen molar-refractivity contribution in [2.24, 2.45) is 0 Å². The van der Waals surface area contributed by atoms with E-state index in [0.717, 1.165) is 25.7 Å². The van der Waals surface area contributed by atoms with Gasteiger partial charge in [-0.25, -0.2) is 4.98 Å². The highest BCUT2D eigenvalue weighted by molar-refractivity contribution is 14.1. The lowest BCUT2D eigenvalue weighted by Gasteiger charge is -2.11. The number of hydrogen-bond donors (Lipinski definition) is 2. The maximum absolute atomic E-state index is 13.0. The summed E-state index contributed by atoms with van der Waals surface area (Å²) in [6.07, 6.45) is 4.40. The van der Waals surface area contributed by atoms with Crippen LogP contribution in [0.5, 0.6) is 0 Å². The molecule has 0 aliphatic heterocycles. The van der Waals surface area contributed by atoms with Crippen molar-refractivity contribution in [3.05, 3.63) is 73.5 Å². The monoisotopic (exact) mass is 485 g/mol. The van der Waals surface area contributed by atoms with Crippen molar-refractivity contribution in [2.75, 3.05) is 6.61 Å². The van der Waals surface area contributed by atoms with Crippen LogP contribution in [0, 0.1) is 10.5 Å². The number of H-pyrrole nitrogens is 1. The Morgan fingerprint density at radius 3 is 2.82 bits per heavy atom. The highest BCUT2D eigenvalue weighted by Crippen LogP contribution is 2.24. The largest absolute Gasteiger partial charge is 0.396 e. The quantitative estimate of drug-likeness (QED) is 0.413. The molecule has 0 amide bonds. The van der Waals surface area contributed by atoms with E-state index in [0.29, 0.717) is 29.7 Å². The minimum absolute atomic E-state index is 0.0293. The van der Waals surface area contributed by atoms with E-state index in [1.54, 1.807) is 4.57 Å². The van der Waals surface area contributed by atoms with Crippen LogP contribution in [-0.2, 0) is 6.54 Å². The topological polar surface area (TPSA) is 70.9 Å². The van der Waals surface area contributed by atoms with Crippen molar-refractivity contribution >= 4 is 56.5 Å². The van der Waals surface area contributed by atoms with Gasteiger partial charge in [0.25, 0.3) is 5.56 Å². The number of halogens is 1. The van der Waals surface area contributed by atoms with E-state index in [4.69, 9.17) is 4.98 Å². The first kappa shape index (κ1) is 18.9. The molecule has 2 aromatic carbocycles. The summed E-state index contributed by atoms with van der Waals surface area (Å²) in [5.74, 6) is 0.594. The van der Waals surface area contributed by atoms with Gasteiger partial charge in [0.1, 0.15) is 5.82 Å². The molecule has 4 aromatic rings. The van der Waals surface area contributed by atoms with Crippen LogP contribution >= 0.6 is 22.6 Å². The van der Waals surface area contributed by atoms with Crippen LogP contribution in [-0.4, -0.2) is 26.2 Å². The van der Waals surface area contributed by atoms with Gasteiger partial charge in [-0.05, 0) is 72.4 Å². The number of nitrogens with zero attached hydrogens (tertiary/aromatic N) is 2. The van der Waals surface area contributed by atoms with E-state index in [1.807, 2.05) is 55.5 Å². The first-order valence-electron chi connectivity index (χ1n) is 9.15. The summed E-state index contributed by atoms with van der Waals surface area (Å²) in [4.78, 5) is 21.2. The summed E-state index contributed by atoms with van der Waals surface area (Å²) >= 11 is 2.20. The Labute approximate surface area is 175 Å². The van der Waals surface area contributed by atoms with Crippen LogP contribution in [0.15, 0.2) is 47.3 Å². The number of rotatable bonds is 5. The molecular formula is C22H20IN3O2. The lowest BCUT2D eigenvalue weighted by molar-refractivity contribution is 0.278. The molecular weight excluding hydrogens is 465 g/mol. The molecule has 0 fully saturated rings. The third kappa shape index (κ3) is 3.49. The van der Waals surface area contributed by atoms with Gasteiger partial charge in [-0.1, -0.05) is 18.2 Å². The minimum Gasteiger partial charge on any atom is -0.396 e. The van der Waals surface area contributed by atoms with Gasteiger partial charge in [0, 0.05) is 38.9 Å². The SMILES string of the molecule is Cc1[nH]c2ccccc2c1C=Cc1nc2ccc(I)cc2c(=O)n1CCCO. The lowest BCUT2D eigenvalue weighted by Crippen LogP contribution is -2.24. The van der Waals surface area contributed by atoms with Gasteiger partial charge in [-0.15, -0.1) is 0 Å². The molecule has 0 saturated carbocycles. The second kappa shape index (κ2) is 7.89. The fraction of sp³-hybridized carbons (Fsp3) is 0.182.